The molecule has 0 bridgehead atoms. The number of nitrogens with zero attached hydrogens (tertiary/aromatic N) is 1. The third kappa shape index (κ3) is 5.43. The largest absolute Gasteiger partial charge is 0.439 e. The summed E-state index contributed by atoms with van der Waals surface area (Å²) in [6, 6.07) is 11.2. The van der Waals surface area contributed by atoms with Gasteiger partial charge in [0.1, 0.15) is 5.75 Å². The highest BCUT2D eigenvalue weighted by atomic mass is 16.5. The maximum atomic E-state index is 11.0. The van der Waals surface area contributed by atoms with E-state index >= 15 is 0 Å². The zero-order valence-corrected chi connectivity index (χ0v) is 14.9. The van der Waals surface area contributed by atoms with Gasteiger partial charge in [-0.15, -0.1) is 0 Å². The minimum absolute atomic E-state index is 0.364. The molecular weight excluding hydrogens is 326 g/mol. The second kappa shape index (κ2) is 9.15. The average Bonchev–Trinajstić information content (AvgIpc) is 2.68. The lowest BCUT2D eigenvalue weighted by molar-refractivity contribution is 0.1000. The predicted molar refractivity (Wildman–Crippen MR) is 102 cm³/mol. The summed E-state index contributed by atoms with van der Waals surface area (Å²) in [6.07, 6.45) is 10.2. The summed E-state index contributed by atoms with van der Waals surface area (Å²) in [5.74, 6) is 0.641. The molecule has 1 aromatic carbocycles. The second-order valence-electron chi connectivity index (χ2n) is 6.53. The van der Waals surface area contributed by atoms with Gasteiger partial charge in [0, 0.05) is 18.8 Å². The van der Waals surface area contributed by atoms with Crippen LogP contribution in [-0.4, -0.2) is 17.4 Å². The highest BCUT2D eigenvalue weighted by Crippen LogP contribution is 2.21. The van der Waals surface area contributed by atoms with Crippen molar-refractivity contribution in [3.63, 3.8) is 0 Å². The minimum atomic E-state index is -0.499. The van der Waals surface area contributed by atoms with Crippen LogP contribution in [0.3, 0.4) is 0 Å². The molecule has 1 amide bonds. The Labute approximate surface area is 154 Å². The molecule has 1 heterocycles. The quantitative estimate of drug-likeness (QED) is 0.557. The first-order chi connectivity index (χ1) is 12.7. The molecule has 1 aliphatic rings. The van der Waals surface area contributed by atoms with Crippen molar-refractivity contribution in [2.45, 2.75) is 38.6 Å². The van der Waals surface area contributed by atoms with Crippen LogP contribution in [0.4, 0.5) is 0 Å². The summed E-state index contributed by atoms with van der Waals surface area (Å²) in [6.45, 7) is 1.86. The van der Waals surface area contributed by atoms with Gasteiger partial charge in [-0.05, 0) is 62.4 Å². The van der Waals surface area contributed by atoms with Crippen LogP contribution < -0.4 is 15.8 Å². The fourth-order valence-corrected chi connectivity index (χ4v) is 3.00. The van der Waals surface area contributed by atoms with Crippen LogP contribution in [-0.2, 0) is 6.54 Å². The van der Waals surface area contributed by atoms with Gasteiger partial charge in [-0.25, -0.2) is 4.98 Å². The molecule has 3 rings (SSSR count). The lowest BCUT2D eigenvalue weighted by Crippen LogP contribution is -2.15. The summed E-state index contributed by atoms with van der Waals surface area (Å²) in [7, 11) is 0. The van der Waals surface area contributed by atoms with Crippen LogP contribution >= 0.6 is 0 Å². The molecule has 0 radical (unpaired) electrons. The van der Waals surface area contributed by atoms with E-state index in [0.717, 1.165) is 19.5 Å². The summed E-state index contributed by atoms with van der Waals surface area (Å²) in [4.78, 5) is 15.1. The Morgan fingerprint density at radius 3 is 2.65 bits per heavy atom. The van der Waals surface area contributed by atoms with Gasteiger partial charge in [-0.3, -0.25) is 4.79 Å². The van der Waals surface area contributed by atoms with Gasteiger partial charge in [-0.1, -0.05) is 23.8 Å². The Kier molecular flexibility index (Phi) is 6.39. The monoisotopic (exact) mass is 351 g/mol. The SMILES string of the molecule is NC(=O)c1ccc(Oc2ccc(CNCCC3=CCCCC3)cc2)nc1. The molecule has 0 saturated heterocycles. The first kappa shape index (κ1) is 18.1. The van der Waals surface area contributed by atoms with Gasteiger partial charge in [0.05, 0.1) is 5.56 Å². The summed E-state index contributed by atoms with van der Waals surface area (Å²) in [5, 5.41) is 3.50. The van der Waals surface area contributed by atoms with Gasteiger partial charge in [0.25, 0.3) is 0 Å². The number of nitrogens with one attached hydrogen (secondary N) is 1. The summed E-state index contributed by atoms with van der Waals surface area (Å²) >= 11 is 0. The number of carbonyl (C=O) groups is 1. The third-order valence-corrected chi connectivity index (χ3v) is 4.50. The number of hydrogen-bond acceptors (Lipinski definition) is 4. The highest BCUT2D eigenvalue weighted by molar-refractivity contribution is 5.92. The molecule has 0 saturated carbocycles. The normalized spacial score (nSPS) is 13.9. The number of amides is 1. The fourth-order valence-electron chi connectivity index (χ4n) is 3.00. The maximum Gasteiger partial charge on any atom is 0.250 e. The Bertz CT molecular complexity index is 752. The average molecular weight is 351 g/mol. The molecule has 0 unspecified atom stereocenters. The lowest BCUT2D eigenvalue weighted by Gasteiger charge is -2.13. The number of pyridine rings is 1. The number of primary amides is 1. The van der Waals surface area contributed by atoms with E-state index in [1.807, 2.05) is 24.3 Å². The molecular formula is C21H25N3O2. The number of ether oxygens (including phenoxy) is 1. The van der Waals surface area contributed by atoms with E-state index in [0.29, 0.717) is 17.2 Å². The smallest absolute Gasteiger partial charge is 0.250 e. The summed E-state index contributed by atoms with van der Waals surface area (Å²) in [5.41, 5.74) is 8.37. The van der Waals surface area contributed by atoms with Gasteiger partial charge in [0.2, 0.25) is 11.8 Å². The van der Waals surface area contributed by atoms with Crippen LogP contribution in [0.5, 0.6) is 11.6 Å². The van der Waals surface area contributed by atoms with E-state index in [1.54, 1.807) is 17.7 Å². The zero-order valence-electron chi connectivity index (χ0n) is 14.9. The number of aromatic nitrogens is 1. The minimum Gasteiger partial charge on any atom is -0.439 e. The molecule has 2 aromatic rings. The van der Waals surface area contributed by atoms with Crippen molar-refractivity contribution in [1.82, 2.24) is 10.3 Å². The topological polar surface area (TPSA) is 77.2 Å². The maximum absolute atomic E-state index is 11.0. The van der Waals surface area contributed by atoms with E-state index in [1.165, 1.54) is 37.4 Å². The van der Waals surface area contributed by atoms with Crippen molar-refractivity contribution in [3.8, 4) is 11.6 Å². The Morgan fingerprint density at radius 2 is 2.00 bits per heavy atom. The Morgan fingerprint density at radius 1 is 1.15 bits per heavy atom. The van der Waals surface area contributed by atoms with Gasteiger partial charge in [0.15, 0.2) is 0 Å². The molecule has 1 aromatic heterocycles. The molecule has 0 fully saturated rings. The number of rotatable bonds is 8. The molecule has 5 nitrogen and oxygen atoms in total. The zero-order chi connectivity index (χ0) is 18.2. The molecule has 0 atom stereocenters. The van der Waals surface area contributed by atoms with Crippen molar-refractivity contribution in [2.24, 2.45) is 5.73 Å². The molecule has 3 N–H and O–H groups in total. The van der Waals surface area contributed by atoms with Crippen molar-refractivity contribution in [2.75, 3.05) is 6.54 Å². The van der Waals surface area contributed by atoms with Gasteiger partial charge >= 0.3 is 0 Å². The van der Waals surface area contributed by atoms with E-state index in [-0.39, 0.29) is 0 Å². The lowest BCUT2D eigenvalue weighted by atomic mass is 9.97. The van der Waals surface area contributed by atoms with Crippen molar-refractivity contribution >= 4 is 5.91 Å². The van der Waals surface area contributed by atoms with Crippen LogP contribution in [0.2, 0.25) is 0 Å². The molecule has 0 aliphatic heterocycles. The Balaban J connectivity index is 1.44. The number of nitrogens with two attached hydrogens (primary N) is 1. The van der Waals surface area contributed by atoms with E-state index < -0.39 is 5.91 Å². The standard InChI is InChI=1S/C21H25N3O2/c22-21(25)18-8-11-20(24-15-18)26-19-9-6-17(7-10-19)14-23-13-12-16-4-2-1-3-5-16/h4,6-11,15,23H,1-3,5,12-14H2,(H2,22,25). The molecule has 5 heteroatoms. The molecule has 136 valence electrons. The van der Waals surface area contributed by atoms with E-state index in [4.69, 9.17) is 10.5 Å². The second-order valence-corrected chi connectivity index (χ2v) is 6.53. The molecule has 1 aliphatic carbocycles. The molecule has 0 spiro atoms. The Hall–Kier alpha value is -2.66. The number of benzene rings is 1. The van der Waals surface area contributed by atoms with E-state index in [9.17, 15) is 4.79 Å². The number of allylic oxidation sites excluding steroid dienone is 1. The van der Waals surface area contributed by atoms with Crippen molar-refractivity contribution in [3.05, 3.63) is 65.4 Å². The number of carbonyl (C=O) groups excluding carboxylic acids is 1. The van der Waals surface area contributed by atoms with Crippen LogP contribution in [0.1, 0.15) is 48.0 Å². The van der Waals surface area contributed by atoms with Crippen molar-refractivity contribution < 1.29 is 9.53 Å². The van der Waals surface area contributed by atoms with Crippen LogP contribution in [0, 0.1) is 0 Å². The third-order valence-electron chi connectivity index (χ3n) is 4.50. The predicted octanol–water partition coefficient (Wildman–Crippen LogP) is 3.95. The number of hydrogen-bond donors (Lipinski definition) is 2. The molecule has 26 heavy (non-hydrogen) atoms. The van der Waals surface area contributed by atoms with Gasteiger partial charge < -0.3 is 15.8 Å². The summed E-state index contributed by atoms with van der Waals surface area (Å²) < 4.78 is 5.68. The van der Waals surface area contributed by atoms with Crippen LogP contribution in [0.15, 0.2) is 54.2 Å². The first-order valence-corrected chi connectivity index (χ1v) is 9.12. The van der Waals surface area contributed by atoms with Crippen LogP contribution in [0.25, 0.3) is 0 Å². The van der Waals surface area contributed by atoms with Crippen molar-refractivity contribution in [1.29, 1.82) is 0 Å². The van der Waals surface area contributed by atoms with Gasteiger partial charge in [-0.2, -0.15) is 0 Å². The van der Waals surface area contributed by atoms with E-state index in [2.05, 4.69) is 16.4 Å². The first-order valence-electron chi connectivity index (χ1n) is 9.12. The highest BCUT2D eigenvalue weighted by Gasteiger charge is 2.04. The fraction of sp³-hybridized carbons (Fsp3) is 0.333.